The van der Waals surface area contributed by atoms with Crippen LogP contribution in [0, 0.1) is 10.1 Å². The monoisotopic (exact) mass is 338 g/mol. The molecule has 126 valence electrons. The first-order valence-electron chi connectivity index (χ1n) is 7.36. The number of benzene rings is 2. The van der Waals surface area contributed by atoms with E-state index in [1.807, 2.05) is 30.3 Å². The predicted octanol–water partition coefficient (Wildman–Crippen LogP) is 3.61. The summed E-state index contributed by atoms with van der Waals surface area (Å²) in [6, 6.07) is 12.1. The quantitative estimate of drug-likeness (QED) is 0.410. The first-order valence-corrected chi connectivity index (χ1v) is 7.36. The first-order chi connectivity index (χ1) is 12.1. The molecule has 3 aromatic rings. The zero-order chi connectivity index (χ0) is 18.0. The third-order valence-corrected chi connectivity index (χ3v) is 3.84. The van der Waals surface area contributed by atoms with Crippen LogP contribution in [0.5, 0.6) is 5.75 Å². The normalized spacial score (nSPS) is 10.5. The van der Waals surface area contributed by atoms with E-state index in [4.69, 9.17) is 9.47 Å². The molecule has 0 aliphatic heterocycles. The van der Waals surface area contributed by atoms with Crippen molar-refractivity contribution >= 4 is 22.6 Å². The van der Waals surface area contributed by atoms with Crippen molar-refractivity contribution < 1.29 is 19.2 Å². The number of hydrogen-bond acceptors (Lipinski definition) is 6. The zero-order valence-corrected chi connectivity index (χ0v) is 13.6. The largest absolute Gasteiger partial charge is 0.494 e. The number of nitro groups is 1. The van der Waals surface area contributed by atoms with Gasteiger partial charge in [-0.15, -0.1) is 0 Å². The fraction of sp³-hybridized carbons (Fsp3) is 0.111. The highest BCUT2D eigenvalue weighted by molar-refractivity contribution is 6.10. The number of hydrogen-bond donors (Lipinski definition) is 0. The van der Waals surface area contributed by atoms with Crippen molar-refractivity contribution in [2.75, 3.05) is 14.2 Å². The summed E-state index contributed by atoms with van der Waals surface area (Å²) in [5.41, 5.74) is 1.13. The summed E-state index contributed by atoms with van der Waals surface area (Å²) in [4.78, 5) is 27.5. The van der Waals surface area contributed by atoms with Gasteiger partial charge in [0.1, 0.15) is 16.8 Å². The molecule has 25 heavy (non-hydrogen) atoms. The summed E-state index contributed by atoms with van der Waals surface area (Å²) in [6.07, 6.45) is 1.55. The average molecular weight is 338 g/mol. The lowest BCUT2D eigenvalue weighted by Gasteiger charge is -2.12. The number of ether oxygens (including phenoxy) is 2. The van der Waals surface area contributed by atoms with Crippen LogP contribution in [-0.4, -0.2) is 30.1 Å². The average Bonchev–Trinajstić information content (AvgIpc) is 2.65. The van der Waals surface area contributed by atoms with Gasteiger partial charge in [0.15, 0.2) is 0 Å². The molecule has 0 bridgehead atoms. The van der Waals surface area contributed by atoms with Crippen LogP contribution in [0.25, 0.3) is 22.0 Å². The van der Waals surface area contributed by atoms with Crippen LogP contribution in [0.15, 0.2) is 48.7 Å². The lowest BCUT2D eigenvalue weighted by Crippen LogP contribution is -2.08. The van der Waals surface area contributed by atoms with E-state index in [-0.39, 0.29) is 22.4 Å². The molecule has 0 spiro atoms. The second-order valence-corrected chi connectivity index (χ2v) is 5.17. The number of esters is 1. The number of aromatic nitrogens is 1. The molecule has 0 saturated heterocycles. The molecule has 0 aliphatic carbocycles. The molecule has 1 aromatic heterocycles. The van der Waals surface area contributed by atoms with E-state index in [1.54, 1.807) is 12.3 Å². The summed E-state index contributed by atoms with van der Waals surface area (Å²) in [5, 5.41) is 12.0. The number of pyridine rings is 1. The maximum Gasteiger partial charge on any atom is 0.345 e. The van der Waals surface area contributed by atoms with E-state index in [9.17, 15) is 14.9 Å². The van der Waals surface area contributed by atoms with Gasteiger partial charge >= 0.3 is 5.97 Å². The van der Waals surface area contributed by atoms with E-state index in [0.29, 0.717) is 11.1 Å². The molecule has 7 heteroatoms. The van der Waals surface area contributed by atoms with Crippen molar-refractivity contribution in [3.05, 3.63) is 64.3 Å². The van der Waals surface area contributed by atoms with E-state index in [1.165, 1.54) is 20.3 Å². The fourth-order valence-corrected chi connectivity index (χ4v) is 2.76. The van der Waals surface area contributed by atoms with Crippen molar-refractivity contribution in [3.63, 3.8) is 0 Å². The molecule has 0 amide bonds. The molecule has 2 aromatic carbocycles. The molecule has 0 unspecified atom stereocenters. The predicted molar refractivity (Wildman–Crippen MR) is 91.7 cm³/mol. The van der Waals surface area contributed by atoms with Crippen LogP contribution in [0.3, 0.4) is 0 Å². The lowest BCUT2D eigenvalue weighted by atomic mass is 9.97. The van der Waals surface area contributed by atoms with E-state index in [0.717, 1.165) is 5.56 Å². The Morgan fingerprint density at radius 2 is 1.88 bits per heavy atom. The highest BCUT2D eigenvalue weighted by Gasteiger charge is 2.29. The van der Waals surface area contributed by atoms with Crippen LogP contribution in [-0.2, 0) is 4.74 Å². The number of methoxy groups -OCH3 is 2. The molecule has 0 saturated carbocycles. The van der Waals surface area contributed by atoms with Gasteiger partial charge in [-0.3, -0.25) is 15.1 Å². The van der Waals surface area contributed by atoms with Crippen LogP contribution in [0.2, 0.25) is 0 Å². The Hall–Kier alpha value is -3.48. The molecule has 3 rings (SSSR count). The third-order valence-electron chi connectivity index (χ3n) is 3.84. The van der Waals surface area contributed by atoms with Gasteiger partial charge < -0.3 is 9.47 Å². The fourth-order valence-electron chi connectivity index (χ4n) is 2.76. The van der Waals surface area contributed by atoms with E-state index in [2.05, 4.69) is 4.98 Å². The summed E-state index contributed by atoms with van der Waals surface area (Å²) in [5.74, 6) is -0.548. The molecular formula is C18H14N2O5. The van der Waals surface area contributed by atoms with Crippen LogP contribution in [0.1, 0.15) is 10.4 Å². The number of nitrogens with zero attached hydrogens (tertiary/aromatic N) is 2. The van der Waals surface area contributed by atoms with E-state index < -0.39 is 10.9 Å². The Kier molecular flexibility index (Phi) is 4.30. The van der Waals surface area contributed by atoms with Gasteiger partial charge in [0, 0.05) is 12.3 Å². The molecule has 0 aliphatic rings. The Bertz CT molecular complexity index is 970. The van der Waals surface area contributed by atoms with Gasteiger partial charge in [-0.1, -0.05) is 30.3 Å². The molecule has 0 fully saturated rings. The van der Waals surface area contributed by atoms with Crippen molar-refractivity contribution in [1.29, 1.82) is 0 Å². The molecular weight excluding hydrogens is 324 g/mol. The van der Waals surface area contributed by atoms with Crippen LogP contribution in [0.4, 0.5) is 5.69 Å². The van der Waals surface area contributed by atoms with E-state index >= 15 is 0 Å². The zero-order valence-electron chi connectivity index (χ0n) is 13.6. The van der Waals surface area contributed by atoms with Gasteiger partial charge in [-0.05, 0) is 17.2 Å². The molecule has 0 N–H and O–H groups in total. The molecule has 1 heterocycles. The summed E-state index contributed by atoms with van der Waals surface area (Å²) < 4.78 is 10.00. The van der Waals surface area contributed by atoms with Crippen LogP contribution < -0.4 is 4.74 Å². The summed E-state index contributed by atoms with van der Waals surface area (Å²) >= 11 is 0. The van der Waals surface area contributed by atoms with Crippen LogP contribution >= 0.6 is 0 Å². The molecule has 0 atom stereocenters. The third kappa shape index (κ3) is 2.76. The Morgan fingerprint density at radius 1 is 1.16 bits per heavy atom. The van der Waals surface area contributed by atoms with Gasteiger partial charge in [0.2, 0.25) is 0 Å². The number of fused-ring (bicyclic) bond motifs is 1. The maximum absolute atomic E-state index is 12.1. The Labute approximate surface area is 143 Å². The standard InChI is InChI=1S/C18H14N2O5/c1-24-14-10-13(18(21)25-2)17(20(22)23)15-12(8-9-19-16(14)15)11-6-4-3-5-7-11/h3-10H,1-2H3. The highest BCUT2D eigenvalue weighted by Crippen LogP contribution is 2.41. The van der Waals surface area contributed by atoms with Crippen molar-refractivity contribution in [2.24, 2.45) is 0 Å². The topological polar surface area (TPSA) is 91.6 Å². The van der Waals surface area contributed by atoms with Gasteiger partial charge in [0.05, 0.1) is 24.5 Å². The van der Waals surface area contributed by atoms with Crippen molar-refractivity contribution in [2.45, 2.75) is 0 Å². The second-order valence-electron chi connectivity index (χ2n) is 5.17. The smallest absolute Gasteiger partial charge is 0.345 e. The second kappa shape index (κ2) is 6.56. The lowest BCUT2D eigenvalue weighted by molar-refractivity contribution is -0.383. The van der Waals surface area contributed by atoms with Gasteiger partial charge in [-0.2, -0.15) is 0 Å². The minimum atomic E-state index is -0.810. The Balaban J connectivity index is 2.51. The van der Waals surface area contributed by atoms with Crippen molar-refractivity contribution in [3.8, 4) is 16.9 Å². The maximum atomic E-state index is 12.1. The number of carbonyl (C=O) groups is 1. The van der Waals surface area contributed by atoms with Gasteiger partial charge in [-0.25, -0.2) is 4.79 Å². The minimum Gasteiger partial charge on any atom is -0.494 e. The first kappa shape index (κ1) is 16.4. The number of nitro benzene ring substituents is 1. The molecule has 0 radical (unpaired) electrons. The molecule has 7 nitrogen and oxygen atoms in total. The van der Waals surface area contributed by atoms with Gasteiger partial charge in [0.25, 0.3) is 5.69 Å². The SMILES string of the molecule is COC(=O)c1cc(OC)c2nccc(-c3ccccc3)c2c1[N+](=O)[O-]. The minimum absolute atomic E-state index is 0.179. The van der Waals surface area contributed by atoms with Crippen molar-refractivity contribution in [1.82, 2.24) is 4.98 Å². The number of rotatable bonds is 4. The summed E-state index contributed by atoms with van der Waals surface area (Å²) in [7, 11) is 2.59. The summed E-state index contributed by atoms with van der Waals surface area (Å²) in [6.45, 7) is 0. The number of carbonyl (C=O) groups excluding carboxylic acids is 1. The Morgan fingerprint density at radius 3 is 2.48 bits per heavy atom. The highest BCUT2D eigenvalue weighted by atomic mass is 16.6.